The van der Waals surface area contributed by atoms with Gasteiger partial charge in [0.25, 0.3) is 10.0 Å². The zero-order valence-electron chi connectivity index (χ0n) is 7.55. The van der Waals surface area contributed by atoms with Crippen LogP contribution in [0.1, 0.15) is 12.8 Å². The second-order valence-electron chi connectivity index (χ2n) is 3.38. The van der Waals surface area contributed by atoms with Gasteiger partial charge in [0.15, 0.2) is 8.68 Å². The third kappa shape index (κ3) is 2.48. The molecule has 0 saturated heterocycles. The first-order chi connectivity index (χ1) is 6.97. The molecule has 5 nitrogen and oxygen atoms in total. The van der Waals surface area contributed by atoms with Crippen LogP contribution in [-0.2, 0) is 10.0 Å². The molecule has 0 amide bonds. The number of hydrogen-bond acceptors (Lipinski definition) is 5. The van der Waals surface area contributed by atoms with Gasteiger partial charge in [-0.3, -0.25) is 0 Å². The molecule has 1 aliphatic rings. The molecule has 2 rings (SSSR count). The summed E-state index contributed by atoms with van der Waals surface area (Å²) in [5.74, 6) is 0. The molecule has 1 fully saturated rings. The fourth-order valence-electron chi connectivity index (χ4n) is 1.32. The average Bonchev–Trinajstić information content (AvgIpc) is 2.49. The van der Waals surface area contributed by atoms with E-state index in [-0.39, 0.29) is 20.8 Å². The van der Waals surface area contributed by atoms with E-state index in [2.05, 4.69) is 9.71 Å². The maximum absolute atomic E-state index is 11.7. The van der Waals surface area contributed by atoms with Gasteiger partial charge >= 0.3 is 0 Å². The molecule has 0 bridgehead atoms. The summed E-state index contributed by atoms with van der Waals surface area (Å²) in [6.07, 6.45) is 1.77. The standard InChI is InChI=1S/C7H9ClN2O3S2/c8-7-9-3-6(14-7)15(12,13)10-4-1-5(11)2-4/h3-5,10-11H,1-2H2. The molecule has 0 aliphatic heterocycles. The lowest BCUT2D eigenvalue weighted by atomic mass is 9.91. The monoisotopic (exact) mass is 268 g/mol. The van der Waals surface area contributed by atoms with Crippen molar-refractivity contribution < 1.29 is 13.5 Å². The normalized spacial score (nSPS) is 26.3. The molecule has 0 unspecified atom stereocenters. The van der Waals surface area contributed by atoms with Crippen molar-refractivity contribution in [3.8, 4) is 0 Å². The van der Waals surface area contributed by atoms with Crippen LogP contribution in [0.2, 0.25) is 4.47 Å². The quantitative estimate of drug-likeness (QED) is 0.841. The number of nitrogens with zero attached hydrogens (tertiary/aromatic N) is 1. The Morgan fingerprint density at radius 1 is 1.60 bits per heavy atom. The summed E-state index contributed by atoms with van der Waals surface area (Å²) in [4.78, 5) is 3.66. The van der Waals surface area contributed by atoms with E-state index >= 15 is 0 Å². The van der Waals surface area contributed by atoms with Crippen LogP contribution in [-0.4, -0.2) is 30.7 Å². The van der Waals surface area contributed by atoms with Gasteiger partial charge in [-0.05, 0) is 12.8 Å². The Labute approximate surface area is 96.2 Å². The van der Waals surface area contributed by atoms with Gasteiger partial charge in [-0.25, -0.2) is 18.1 Å². The molecule has 1 aromatic heterocycles. The molecule has 84 valence electrons. The second-order valence-corrected chi connectivity index (χ2v) is 6.93. The van der Waals surface area contributed by atoms with Crippen LogP contribution in [0.25, 0.3) is 0 Å². The van der Waals surface area contributed by atoms with Crippen molar-refractivity contribution in [2.24, 2.45) is 0 Å². The lowest BCUT2D eigenvalue weighted by molar-refractivity contribution is 0.0712. The number of thiazole rings is 1. The van der Waals surface area contributed by atoms with Crippen molar-refractivity contribution in [2.45, 2.75) is 29.2 Å². The molecule has 0 spiro atoms. The zero-order valence-corrected chi connectivity index (χ0v) is 9.94. The Kier molecular flexibility index (Phi) is 3.00. The van der Waals surface area contributed by atoms with E-state index in [0.717, 1.165) is 11.3 Å². The highest BCUT2D eigenvalue weighted by Gasteiger charge is 2.31. The highest BCUT2D eigenvalue weighted by molar-refractivity contribution is 7.91. The Morgan fingerprint density at radius 2 is 2.27 bits per heavy atom. The molecule has 2 N–H and O–H groups in total. The minimum Gasteiger partial charge on any atom is -0.393 e. The molecule has 8 heteroatoms. The second kappa shape index (κ2) is 3.99. The number of hydrogen-bond donors (Lipinski definition) is 2. The molecule has 1 aromatic rings. The van der Waals surface area contributed by atoms with Gasteiger partial charge in [-0.15, -0.1) is 0 Å². The molecule has 1 heterocycles. The maximum atomic E-state index is 11.7. The van der Waals surface area contributed by atoms with Crippen molar-refractivity contribution in [3.05, 3.63) is 10.7 Å². The van der Waals surface area contributed by atoms with Crippen molar-refractivity contribution in [3.63, 3.8) is 0 Å². The number of sulfonamides is 1. The van der Waals surface area contributed by atoms with Gasteiger partial charge in [-0.2, -0.15) is 0 Å². The lowest BCUT2D eigenvalue weighted by Gasteiger charge is -2.31. The summed E-state index contributed by atoms with van der Waals surface area (Å²) in [5, 5.41) is 9.02. The van der Waals surface area contributed by atoms with E-state index < -0.39 is 10.0 Å². The lowest BCUT2D eigenvalue weighted by Crippen LogP contribution is -2.46. The fraction of sp³-hybridized carbons (Fsp3) is 0.571. The van der Waals surface area contributed by atoms with Gasteiger partial charge in [0.1, 0.15) is 0 Å². The number of rotatable bonds is 3. The Bertz CT molecular complexity index is 453. The third-order valence-corrected chi connectivity index (χ3v) is 5.25. The molecule has 1 saturated carbocycles. The summed E-state index contributed by atoms with van der Waals surface area (Å²) < 4.78 is 26.1. The molecule has 0 radical (unpaired) electrons. The van der Waals surface area contributed by atoms with Crippen LogP contribution in [0, 0.1) is 0 Å². The van der Waals surface area contributed by atoms with Crippen molar-refractivity contribution in [2.75, 3.05) is 0 Å². The zero-order chi connectivity index (χ0) is 11.1. The number of aromatic nitrogens is 1. The minimum absolute atomic E-state index is 0.105. The van der Waals surface area contributed by atoms with Crippen LogP contribution in [0.4, 0.5) is 0 Å². The molecule has 1 aliphatic carbocycles. The van der Waals surface area contributed by atoms with Gasteiger partial charge in [0, 0.05) is 6.04 Å². The summed E-state index contributed by atoms with van der Waals surface area (Å²) in [7, 11) is -3.51. The van der Waals surface area contributed by atoms with Gasteiger partial charge < -0.3 is 5.11 Å². The Hall–Kier alpha value is -0.210. The number of nitrogens with one attached hydrogen (secondary N) is 1. The predicted octanol–water partition coefficient (Wildman–Crippen LogP) is 0.598. The van der Waals surface area contributed by atoms with Crippen molar-refractivity contribution >= 4 is 33.0 Å². The number of aliphatic hydroxyl groups is 1. The predicted molar refractivity (Wildman–Crippen MR) is 56.5 cm³/mol. The van der Waals surface area contributed by atoms with Gasteiger partial charge in [-0.1, -0.05) is 22.9 Å². The molecule has 0 aromatic carbocycles. The van der Waals surface area contributed by atoms with Gasteiger partial charge in [0.05, 0.1) is 12.3 Å². The molecular formula is C7H9ClN2O3S2. The van der Waals surface area contributed by atoms with E-state index in [4.69, 9.17) is 16.7 Å². The molecule has 0 atom stereocenters. The first-order valence-corrected chi connectivity index (χ1v) is 6.97. The molecular weight excluding hydrogens is 260 g/mol. The van der Waals surface area contributed by atoms with Crippen LogP contribution in [0.5, 0.6) is 0 Å². The minimum atomic E-state index is -3.51. The van der Waals surface area contributed by atoms with Crippen molar-refractivity contribution in [1.82, 2.24) is 9.71 Å². The number of halogens is 1. The first-order valence-electron chi connectivity index (χ1n) is 4.29. The summed E-state index contributed by atoms with van der Waals surface area (Å²) in [6, 6.07) is -0.175. The summed E-state index contributed by atoms with van der Waals surface area (Å²) >= 11 is 6.46. The van der Waals surface area contributed by atoms with Crippen LogP contribution >= 0.6 is 22.9 Å². The fourth-order valence-corrected chi connectivity index (χ4v) is 3.90. The first kappa shape index (κ1) is 11.3. The largest absolute Gasteiger partial charge is 0.393 e. The van der Waals surface area contributed by atoms with Gasteiger partial charge in [0.2, 0.25) is 0 Å². The van der Waals surface area contributed by atoms with E-state index in [1.165, 1.54) is 6.20 Å². The smallest absolute Gasteiger partial charge is 0.251 e. The van der Waals surface area contributed by atoms with E-state index in [1.807, 2.05) is 0 Å². The summed E-state index contributed by atoms with van der Waals surface area (Å²) in [5.41, 5.74) is 0. The topological polar surface area (TPSA) is 79.3 Å². The van der Waals surface area contributed by atoms with E-state index in [9.17, 15) is 8.42 Å². The Balaban J connectivity index is 2.07. The third-order valence-electron chi connectivity index (χ3n) is 2.16. The average molecular weight is 269 g/mol. The van der Waals surface area contributed by atoms with E-state index in [0.29, 0.717) is 12.8 Å². The Morgan fingerprint density at radius 3 is 2.73 bits per heavy atom. The number of aliphatic hydroxyl groups excluding tert-OH is 1. The highest BCUT2D eigenvalue weighted by Crippen LogP contribution is 2.25. The van der Waals surface area contributed by atoms with E-state index in [1.54, 1.807) is 0 Å². The maximum Gasteiger partial charge on any atom is 0.251 e. The summed E-state index contributed by atoms with van der Waals surface area (Å²) in [6.45, 7) is 0. The van der Waals surface area contributed by atoms with Crippen LogP contribution in [0.15, 0.2) is 10.4 Å². The van der Waals surface area contributed by atoms with Crippen LogP contribution in [0.3, 0.4) is 0 Å². The molecule has 15 heavy (non-hydrogen) atoms. The van der Waals surface area contributed by atoms with Crippen molar-refractivity contribution in [1.29, 1.82) is 0 Å². The highest BCUT2D eigenvalue weighted by atomic mass is 35.5. The van der Waals surface area contributed by atoms with Crippen LogP contribution < -0.4 is 4.72 Å². The SMILES string of the molecule is O=S(=O)(NC1CC(O)C1)c1cnc(Cl)s1.